The van der Waals surface area contributed by atoms with Gasteiger partial charge in [0.25, 0.3) is 0 Å². The summed E-state index contributed by atoms with van der Waals surface area (Å²) in [7, 11) is 0. The zero-order valence-electron chi connectivity index (χ0n) is 17.6. The van der Waals surface area contributed by atoms with Crippen LogP contribution in [0.15, 0.2) is 6.07 Å². The van der Waals surface area contributed by atoms with Crippen LogP contribution in [0.3, 0.4) is 0 Å². The van der Waals surface area contributed by atoms with Gasteiger partial charge in [0, 0.05) is 18.9 Å². The Balaban J connectivity index is 2.03. The molecule has 33 heavy (non-hydrogen) atoms. The van der Waals surface area contributed by atoms with E-state index in [9.17, 15) is 41.8 Å². The Morgan fingerprint density at radius 3 is 2.33 bits per heavy atom. The quantitative estimate of drug-likeness (QED) is 0.366. The molecule has 1 aromatic rings. The van der Waals surface area contributed by atoms with Crippen molar-refractivity contribution in [2.24, 2.45) is 11.3 Å². The molecule has 0 heterocycles. The summed E-state index contributed by atoms with van der Waals surface area (Å²) < 4.78 is 72.8. The Morgan fingerprint density at radius 2 is 1.79 bits per heavy atom. The molecule has 4 N–H and O–H groups in total. The van der Waals surface area contributed by atoms with Gasteiger partial charge < -0.3 is 20.8 Å². The fraction of sp³-hybridized carbons (Fsp3) is 0.619. The molecule has 0 aromatic heterocycles. The van der Waals surface area contributed by atoms with Gasteiger partial charge in [-0.25, -0.2) is 8.78 Å². The van der Waals surface area contributed by atoms with Crippen molar-refractivity contribution in [1.29, 1.82) is 0 Å². The van der Waals surface area contributed by atoms with Crippen LogP contribution in [0.25, 0.3) is 0 Å². The molecule has 12 heteroatoms. The lowest BCUT2D eigenvalue weighted by molar-refractivity contribution is -0.234. The molecule has 0 aliphatic heterocycles. The second kappa shape index (κ2) is 9.25. The summed E-state index contributed by atoms with van der Waals surface area (Å²) in [4.78, 5) is 24.3. The fourth-order valence-corrected chi connectivity index (χ4v) is 5.20. The van der Waals surface area contributed by atoms with Gasteiger partial charge in [0.15, 0.2) is 11.6 Å². The first-order valence-corrected chi connectivity index (χ1v) is 10.8. The Hall–Kier alpha value is -2.14. The molecular formula is C21H24ClF5N2O4. The number of nitrogens with one attached hydrogen (secondary N) is 2. The number of phenolic OH excluding ortho intramolecular Hbond substituents is 1. The maximum atomic E-state index is 14.9. The first-order chi connectivity index (χ1) is 15.3. The number of alkyl halides is 3. The van der Waals surface area contributed by atoms with Crippen molar-refractivity contribution in [3.05, 3.63) is 28.3 Å². The highest BCUT2D eigenvalue weighted by Gasteiger charge is 2.62. The molecule has 0 saturated heterocycles. The molecule has 0 bridgehead atoms. The molecule has 6 nitrogen and oxygen atoms in total. The van der Waals surface area contributed by atoms with Gasteiger partial charge in [-0.15, -0.1) is 0 Å². The number of phenols is 1. The molecule has 2 fully saturated rings. The SMILES string of the molecule is CC(=O)N[C@H]1C[C@H](C(=O)N[C@H](c2c(F)c(O)cc(Cl)c2F)C2(C(F)(F)F)CCCC2)C[C@H]1O. The first kappa shape index (κ1) is 25.5. The Kier molecular flexibility index (Phi) is 7.14. The maximum absolute atomic E-state index is 14.9. The van der Waals surface area contributed by atoms with E-state index < -0.39 is 88.3 Å². The van der Waals surface area contributed by atoms with E-state index in [4.69, 9.17) is 11.6 Å². The number of rotatable bonds is 5. The number of carbonyl (C=O) groups is 2. The predicted molar refractivity (Wildman–Crippen MR) is 107 cm³/mol. The molecule has 184 valence electrons. The molecule has 2 amide bonds. The van der Waals surface area contributed by atoms with E-state index in [-0.39, 0.29) is 25.7 Å². The van der Waals surface area contributed by atoms with Crippen molar-refractivity contribution in [3.8, 4) is 5.75 Å². The lowest BCUT2D eigenvalue weighted by atomic mass is 9.74. The Labute approximate surface area is 191 Å². The van der Waals surface area contributed by atoms with Crippen molar-refractivity contribution in [1.82, 2.24) is 10.6 Å². The van der Waals surface area contributed by atoms with Gasteiger partial charge in [0.2, 0.25) is 11.8 Å². The number of hydrogen-bond acceptors (Lipinski definition) is 4. The Bertz CT molecular complexity index is 910. The van der Waals surface area contributed by atoms with Crippen LogP contribution in [-0.2, 0) is 9.59 Å². The highest BCUT2D eigenvalue weighted by atomic mass is 35.5. The molecule has 0 radical (unpaired) electrons. The summed E-state index contributed by atoms with van der Waals surface area (Å²) in [5.74, 6) is -6.72. The van der Waals surface area contributed by atoms with Gasteiger partial charge in [-0.1, -0.05) is 24.4 Å². The van der Waals surface area contributed by atoms with Crippen LogP contribution in [0.4, 0.5) is 22.0 Å². The number of aliphatic hydroxyl groups is 1. The molecule has 2 aliphatic carbocycles. The third-order valence-electron chi connectivity index (χ3n) is 6.65. The molecule has 0 spiro atoms. The molecule has 2 saturated carbocycles. The third kappa shape index (κ3) is 4.75. The second-order valence-corrected chi connectivity index (χ2v) is 9.17. The zero-order chi connectivity index (χ0) is 24.7. The smallest absolute Gasteiger partial charge is 0.396 e. The fourth-order valence-electron chi connectivity index (χ4n) is 5.00. The molecule has 2 aliphatic rings. The van der Waals surface area contributed by atoms with Crippen molar-refractivity contribution in [3.63, 3.8) is 0 Å². The van der Waals surface area contributed by atoms with Crippen molar-refractivity contribution in [2.75, 3.05) is 0 Å². The van der Waals surface area contributed by atoms with E-state index in [2.05, 4.69) is 10.6 Å². The van der Waals surface area contributed by atoms with Crippen LogP contribution < -0.4 is 10.6 Å². The van der Waals surface area contributed by atoms with Crippen molar-refractivity contribution >= 4 is 23.4 Å². The largest absolute Gasteiger partial charge is 0.505 e. The van der Waals surface area contributed by atoms with Crippen molar-refractivity contribution < 1.29 is 41.8 Å². The van der Waals surface area contributed by atoms with E-state index in [0.717, 1.165) is 0 Å². The average Bonchev–Trinajstić information content (AvgIpc) is 3.33. The van der Waals surface area contributed by atoms with Crippen LogP contribution in [-0.4, -0.2) is 40.3 Å². The minimum absolute atomic E-state index is 0.0654. The summed E-state index contributed by atoms with van der Waals surface area (Å²) >= 11 is 5.68. The minimum Gasteiger partial charge on any atom is -0.505 e. The topological polar surface area (TPSA) is 98.7 Å². The average molecular weight is 499 g/mol. The molecule has 0 unspecified atom stereocenters. The summed E-state index contributed by atoms with van der Waals surface area (Å²) in [5.41, 5.74) is -3.85. The Morgan fingerprint density at radius 1 is 1.18 bits per heavy atom. The monoisotopic (exact) mass is 498 g/mol. The molecule has 4 atom stereocenters. The lowest BCUT2D eigenvalue weighted by Gasteiger charge is -2.40. The molecule has 3 rings (SSSR count). The van der Waals surface area contributed by atoms with Gasteiger partial charge in [0.1, 0.15) is 5.82 Å². The summed E-state index contributed by atoms with van der Waals surface area (Å²) in [6, 6.07) is -2.45. The van der Waals surface area contributed by atoms with E-state index in [1.807, 2.05) is 0 Å². The summed E-state index contributed by atoms with van der Waals surface area (Å²) in [6.07, 6.45) is -7.02. The van der Waals surface area contributed by atoms with Gasteiger partial charge in [-0.2, -0.15) is 13.2 Å². The first-order valence-electron chi connectivity index (χ1n) is 10.5. The number of carbonyl (C=O) groups excluding carboxylic acids is 2. The van der Waals surface area contributed by atoms with Crippen LogP contribution in [0.1, 0.15) is 57.1 Å². The maximum Gasteiger partial charge on any atom is 0.396 e. The predicted octanol–water partition coefficient (Wildman–Crippen LogP) is 3.88. The number of hydrogen-bond donors (Lipinski definition) is 4. The number of benzene rings is 1. The second-order valence-electron chi connectivity index (χ2n) is 8.76. The van der Waals surface area contributed by atoms with Crippen LogP contribution in [0.5, 0.6) is 5.75 Å². The third-order valence-corrected chi connectivity index (χ3v) is 6.92. The number of halogens is 6. The van der Waals surface area contributed by atoms with Gasteiger partial charge in [-0.3, -0.25) is 9.59 Å². The zero-order valence-corrected chi connectivity index (χ0v) is 18.4. The number of amides is 2. The molecular weight excluding hydrogens is 475 g/mol. The summed E-state index contributed by atoms with van der Waals surface area (Å²) in [5, 5.41) is 23.7. The highest BCUT2D eigenvalue weighted by Crippen LogP contribution is 2.58. The summed E-state index contributed by atoms with van der Waals surface area (Å²) in [6.45, 7) is 1.21. The molecule has 1 aromatic carbocycles. The minimum atomic E-state index is -4.94. The van der Waals surface area contributed by atoms with E-state index in [0.29, 0.717) is 6.07 Å². The van der Waals surface area contributed by atoms with Crippen LogP contribution >= 0.6 is 11.6 Å². The van der Waals surface area contributed by atoms with Gasteiger partial charge in [-0.05, 0) is 25.7 Å². The van der Waals surface area contributed by atoms with E-state index in [1.54, 1.807) is 0 Å². The van der Waals surface area contributed by atoms with E-state index >= 15 is 0 Å². The van der Waals surface area contributed by atoms with Gasteiger partial charge >= 0.3 is 6.18 Å². The lowest BCUT2D eigenvalue weighted by Crippen LogP contribution is -2.50. The van der Waals surface area contributed by atoms with E-state index in [1.165, 1.54) is 6.92 Å². The standard InChI is InChI=1S/C21H24ClF5N2O4/c1-9(30)28-12-6-10(7-13(12)31)19(33)29-18(20(21(25,26)27)4-2-3-5-20)15-16(23)11(22)8-14(32)17(15)24/h8,10,12-13,18,31-32H,2-7H2,1H3,(H,28,30)(H,29,33)/t10-,12-,13+,18+/m0/s1. The van der Waals surface area contributed by atoms with Crippen molar-refractivity contribution in [2.45, 2.75) is 69.8 Å². The number of aromatic hydroxyl groups is 1. The van der Waals surface area contributed by atoms with Gasteiger partial charge in [0.05, 0.1) is 34.2 Å². The number of aliphatic hydroxyl groups excluding tert-OH is 1. The van der Waals surface area contributed by atoms with Crippen LogP contribution in [0, 0.1) is 23.0 Å². The highest BCUT2D eigenvalue weighted by molar-refractivity contribution is 6.31. The van der Waals surface area contributed by atoms with Crippen LogP contribution in [0.2, 0.25) is 5.02 Å². The normalized spacial score (nSPS) is 25.6.